The summed E-state index contributed by atoms with van der Waals surface area (Å²) >= 11 is 0. The lowest BCUT2D eigenvalue weighted by atomic mass is 9.80. The van der Waals surface area contributed by atoms with Gasteiger partial charge in [0, 0.05) is 31.9 Å². The summed E-state index contributed by atoms with van der Waals surface area (Å²) in [6.07, 6.45) is 12.6. The highest BCUT2D eigenvalue weighted by Gasteiger charge is 2.45. The molecule has 34 heavy (non-hydrogen) atoms. The summed E-state index contributed by atoms with van der Waals surface area (Å²) in [6, 6.07) is 10.6. The van der Waals surface area contributed by atoms with E-state index < -0.39 is 12.7 Å². The summed E-state index contributed by atoms with van der Waals surface area (Å²) < 4.78 is 23.3. The molecule has 0 N–H and O–H groups in total. The van der Waals surface area contributed by atoms with Gasteiger partial charge < -0.3 is 9.42 Å². The molecular weight excluding hydrogens is 439 g/mol. The molecule has 1 heterocycles. The molecule has 1 aliphatic rings. The molecule has 1 fully saturated rings. The van der Waals surface area contributed by atoms with Crippen LogP contribution in [0.25, 0.3) is 0 Å². The van der Waals surface area contributed by atoms with E-state index in [-0.39, 0.29) is 5.41 Å². The Morgan fingerprint density at radius 3 is 1.79 bits per heavy atom. The first-order valence-electron chi connectivity index (χ1n) is 14.0. The predicted octanol–water partition coefficient (Wildman–Crippen LogP) is 8.76. The zero-order chi connectivity index (χ0) is 25.1. The fourth-order valence-electron chi connectivity index (χ4n) is 5.03. The Morgan fingerprint density at radius 1 is 0.794 bits per heavy atom. The Balaban J connectivity index is 2.06. The smallest absolute Gasteiger partial charge is 0.277 e. The average molecular weight is 493 g/mol. The van der Waals surface area contributed by atoms with Gasteiger partial charge in [0.2, 0.25) is 0 Å². The second kappa shape index (κ2) is 14.0. The average Bonchev–Trinajstić information content (AvgIpc) is 2.83. The summed E-state index contributed by atoms with van der Waals surface area (Å²) in [4.78, 5) is 2.40. The maximum Gasteiger partial charge on any atom is 0.277 e. The van der Waals surface area contributed by atoms with Gasteiger partial charge in [0.05, 0.1) is 11.8 Å². The largest absolute Gasteiger partial charge is 0.369 e. The molecule has 1 saturated heterocycles. The zero-order valence-electron chi connectivity index (χ0n) is 23.2. The maximum atomic E-state index is 14.5. The van der Waals surface area contributed by atoms with Gasteiger partial charge >= 0.3 is 0 Å². The van der Waals surface area contributed by atoms with Crippen molar-refractivity contribution in [2.75, 3.05) is 37.7 Å². The second-order valence-electron chi connectivity index (χ2n) is 11.7. The molecule has 0 saturated carbocycles. The van der Waals surface area contributed by atoms with Crippen molar-refractivity contribution in [3.63, 3.8) is 0 Å². The van der Waals surface area contributed by atoms with Gasteiger partial charge in [-0.25, -0.2) is 4.67 Å². The van der Waals surface area contributed by atoms with Gasteiger partial charge in [-0.3, -0.25) is 4.57 Å². The molecule has 1 unspecified atom stereocenters. The van der Waals surface area contributed by atoms with Gasteiger partial charge in [0.25, 0.3) is 7.52 Å². The minimum Gasteiger partial charge on any atom is -0.369 e. The quantitative estimate of drug-likeness (QED) is 0.181. The van der Waals surface area contributed by atoms with Crippen LogP contribution in [-0.2, 0) is 9.09 Å². The van der Waals surface area contributed by atoms with Crippen LogP contribution in [0.2, 0.25) is 0 Å². The molecule has 0 bridgehead atoms. The van der Waals surface area contributed by atoms with Crippen molar-refractivity contribution >= 4 is 13.2 Å². The highest BCUT2D eigenvalue weighted by molar-refractivity contribution is 7.58. The number of piperazine rings is 1. The lowest BCUT2D eigenvalue weighted by Gasteiger charge is -2.45. The molecule has 1 atom stereocenters. The monoisotopic (exact) mass is 492 g/mol. The molecule has 5 heteroatoms. The lowest BCUT2D eigenvalue weighted by molar-refractivity contribution is 0.118. The Bertz CT molecular complexity index is 711. The van der Waals surface area contributed by atoms with E-state index in [0.29, 0.717) is 6.61 Å². The van der Waals surface area contributed by atoms with E-state index >= 15 is 0 Å². The Morgan fingerprint density at radius 2 is 1.32 bits per heavy atom. The van der Waals surface area contributed by atoms with Crippen molar-refractivity contribution < 1.29 is 9.09 Å². The van der Waals surface area contributed by atoms with E-state index in [0.717, 1.165) is 26.2 Å². The molecule has 196 valence electrons. The predicted molar refractivity (Wildman–Crippen MR) is 149 cm³/mol. The van der Waals surface area contributed by atoms with Crippen LogP contribution in [0.1, 0.15) is 106 Å². The van der Waals surface area contributed by atoms with Crippen LogP contribution in [-0.4, -0.2) is 42.6 Å². The molecule has 1 aromatic rings. The van der Waals surface area contributed by atoms with Gasteiger partial charge in [-0.1, -0.05) is 90.3 Å². The summed E-state index contributed by atoms with van der Waals surface area (Å²) in [5.41, 5.74) is 1.36. The molecule has 1 aromatic carbocycles. The maximum absolute atomic E-state index is 14.5. The molecule has 2 rings (SSSR count). The van der Waals surface area contributed by atoms with Crippen LogP contribution in [0.3, 0.4) is 0 Å². The minimum atomic E-state index is -2.98. The standard InChI is InChI=1S/C29H53N2O2P/c1-7-9-11-16-20-29(6,21-17-12-10-8-2)26-33-34(32,28(3,4)5)31-24-22-30(23-25-31)27-18-14-13-15-19-27/h13-15,18-19H,7-12,16-17,20-26H2,1-6H3. The van der Waals surface area contributed by atoms with Crippen LogP contribution in [0.4, 0.5) is 5.69 Å². The molecule has 0 aliphatic carbocycles. The lowest BCUT2D eigenvalue weighted by Crippen LogP contribution is -2.47. The van der Waals surface area contributed by atoms with Crippen LogP contribution >= 0.6 is 7.52 Å². The van der Waals surface area contributed by atoms with Gasteiger partial charge in [-0.05, 0) is 51.2 Å². The summed E-state index contributed by atoms with van der Waals surface area (Å²) in [5.74, 6) is 0. The molecule has 0 amide bonds. The van der Waals surface area contributed by atoms with E-state index in [1.807, 2.05) is 0 Å². The van der Waals surface area contributed by atoms with Gasteiger partial charge in [-0.15, -0.1) is 0 Å². The first kappa shape index (κ1) is 29.4. The summed E-state index contributed by atoms with van der Waals surface area (Å²) in [7, 11) is -2.98. The van der Waals surface area contributed by atoms with Gasteiger partial charge in [-0.2, -0.15) is 0 Å². The normalized spacial score (nSPS) is 17.6. The number of nitrogens with zero attached hydrogens (tertiary/aromatic N) is 2. The van der Waals surface area contributed by atoms with Gasteiger partial charge in [0.1, 0.15) is 0 Å². The summed E-state index contributed by atoms with van der Waals surface area (Å²) in [6.45, 7) is 17.2. The summed E-state index contributed by atoms with van der Waals surface area (Å²) in [5, 5.41) is -0.396. The van der Waals surface area contributed by atoms with E-state index in [1.165, 1.54) is 69.9 Å². The molecular formula is C29H53N2O2P. The fourth-order valence-corrected chi connectivity index (χ4v) is 7.62. The highest BCUT2D eigenvalue weighted by Crippen LogP contribution is 2.62. The fraction of sp³-hybridized carbons (Fsp3) is 0.793. The van der Waals surface area contributed by atoms with Crippen LogP contribution in [0, 0.1) is 5.41 Å². The number of hydrogen-bond acceptors (Lipinski definition) is 3. The van der Waals surface area contributed by atoms with E-state index in [4.69, 9.17) is 4.52 Å². The number of rotatable bonds is 15. The molecule has 1 aliphatic heterocycles. The van der Waals surface area contributed by atoms with Crippen molar-refractivity contribution in [1.29, 1.82) is 0 Å². The second-order valence-corrected chi connectivity index (χ2v) is 14.9. The van der Waals surface area contributed by atoms with Crippen molar-refractivity contribution in [2.24, 2.45) is 5.41 Å². The first-order chi connectivity index (χ1) is 16.1. The number of unbranched alkanes of at least 4 members (excludes halogenated alkanes) is 6. The first-order valence-corrected chi connectivity index (χ1v) is 15.5. The van der Waals surface area contributed by atoms with E-state index in [1.54, 1.807) is 0 Å². The Kier molecular flexibility index (Phi) is 12.1. The zero-order valence-corrected chi connectivity index (χ0v) is 24.0. The molecule has 0 radical (unpaired) electrons. The van der Waals surface area contributed by atoms with E-state index in [2.05, 4.69) is 81.4 Å². The van der Waals surface area contributed by atoms with Crippen LogP contribution in [0.5, 0.6) is 0 Å². The third-order valence-corrected chi connectivity index (χ3v) is 10.8. The van der Waals surface area contributed by atoms with Crippen molar-refractivity contribution in [1.82, 2.24) is 4.67 Å². The molecule has 0 aromatic heterocycles. The minimum absolute atomic E-state index is 0.105. The van der Waals surface area contributed by atoms with Crippen molar-refractivity contribution in [2.45, 2.75) is 111 Å². The van der Waals surface area contributed by atoms with Crippen LogP contribution < -0.4 is 4.90 Å². The molecule has 0 spiro atoms. The topological polar surface area (TPSA) is 32.8 Å². The van der Waals surface area contributed by atoms with Crippen molar-refractivity contribution in [3.05, 3.63) is 30.3 Å². The SMILES string of the molecule is CCCCCCC(C)(CCCCCC)COP(=O)(N1CCN(c2ccccc2)CC1)C(C)(C)C. The molecule has 4 nitrogen and oxygen atoms in total. The highest BCUT2D eigenvalue weighted by atomic mass is 31.2. The third-order valence-electron chi connectivity index (χ3n) is 7.45. The van der Waals surface area contributed by atoms with Gasteiger partial charge in [0.15, 0.2) is 0 Å². The number of para-hydroxylation sites is 1. The van der Waals surface area contributed by atoms with Crippen molar-refractivity contribution in [3.8, 4) is 0 Å². The Hall–Kier alpha value is -0.830. The number of anilines is 1. The third kappa shape index (κ3) is 8.68. The van der Waals surface area contributed by atoms with Crippen LogP contribution in [0.15, 0.2) is 30.3 Å². The Labute approximate surface area is 211 Å². The van der Waals surface area contributed by atoms with E-state index in [9.17, 15) is 4.57 Å². The number of benzene rings is 1. The number of hydrogen-bond donors (Lipinski definition) is 0.